The van der Waals surface area contributed by atoms with Crippen LogP contribution in [0.5, 0.6) is 0 Å². The van der Waals surface area contributed by atoms with E-state index in [0.717, 1.165) is 12.8 Å². The van der Waals surface area contributed by atoms with E-state index in [-0.39, 0.29) is 0 Å². The Morgan fingerprint density at radius 3 is 1.21 bits per heavy atom. The maximum atomic E-state index is 2.33. The first kappa shape index (κ1) is 32.4. The first-order valence-corrected chi connectivity index (χ1v) is 12.9. The molecule has 194 valence electrons. The third-order valence-corrected chi connectivity index (χ3v) is 6.37. The quantitative estimate of drug-likeness (QED) is 0.425. The monoisotopic (exact) mass is 467 g/mol. The normalized spacial score (nSPS) is 12.0. The van der Waals surface area contributed by atoms with Crippen molar-refractivity contribution in [3.8, 4) is 0 Å². The van der Waals surface area contributed by atoms with Crippen molar-refractivity contribution in [1.82, 2.24) is 4.90 Å². The lowest BCUT2D eigenvalue weighted by Crippen LogP contribution is -2.34. The number of hydrogen-bond acceptors (Lipinski definition) is 1. The molecule has 2 aromatic rings. The molecular weight excluding hydrogens is 410 g/mol. The zero-order chi connectivity index (χ0) is 27.1. The summed E-state index contributed by atoms with van der Waals surface area (Å²) in [4.78, 5) is 2.19. The van der Waals surface area contributed by atoms with Crippen LogP contribution in [0.3, 0.4) is 0 Å². The number of benzene rings is 2. The van der Waals surface area contributed by atoms with Crippen LogP contribution in [-0.4, -0.2) is 24.5 Å². The van der Waals surface area contributed by atoms with E-state index in [9.17, 15) is 0 Å². The summed E-state index contributed by atoms with van der Waals surface area (Å²) >= 11 is 0. The predicted octanol–water partition coefficient (Wildman–Crippen LogP) is 9.44. The van der Waals surface area contributed by atoms with E-state index in [1.165, 1.54) is 38.9 Å². The van der Waals surface area contributed by atoms with Gasteiger partial charge in [-0.05, 0) is 132 Å². The van der Waals surface area contributed by atoms with Crippen LogP contribution in [0.25, 0.3) is 0 Å². The first-order chi connectivity index (χ1) is 15.1. The summed E-state index contributed by atoms with van der Waals surface area (Å²) in [5, 5.41) is 0. The van der Waals surface area contributed by atoms with Gasteiger partial charge < -0.3 is 4.90 Å². The smallest absolute Gasteiger partial charge is 0.0118 e. The molecular formula is C33H57N. The lowest BCUT2D eigenvalue weighted by molar-refractivity contribution is 0.219. The fourth-order valence-corrected chi connectivity index (χ4v) is 3.37. The Kier molecular flexibility index (Phi) is 12.3. The molecule has 1 nitrogen and oxygen atoms in total. The van der Waals surface area contributed by atoms with Gasteiger partial charge in [-0.15, -0.1) is 0 Å². The van der Waals surface area contributed by atoms with Crippen LogP contribution in [-0.2, 0) is 12.8 Å². The summed E-state index contributed by atoms with van der Waals surface area (Å²) in [6, 6.07) is 11.4. The second-order valence-electron chi connectivity index (χ2n) is 13.8. The van der Waals surface area contributed by atoms with Gasteiger partial charge in [-0.2, -0.15) is 0 Å². The van der Waals surface area contributed by atoms with E-state index in [4.69, 9.17) is 0 Å². The first-order valence-electron chi connectivity index (χ1n) is 12.9. The van der Waals surface area contributed by atoms with Crippen LogP contribution in [0.2, 0.25) is 0 Å². The number of aryl methyl sites for hydroxylation is 4. The Bertz CT molecular complexity index is 857. The van der Waals surface area contributed by atoms with Gasteiger partial charge in [-0.25, -0.2) is 0 Å². The van der Waals surface area contributed by atoms with Crippen LogP contribution in [0.1, 0.15) is 101 Å². The van der Waals surface area contributed by atoms with Crippen molar-refractivity contribution >= 4 is 0 Å². The van der Waals surface area contributed by atoms with Crippen molar-refractivity contribution in [3.05, 3.63) is 69.3 Å². The molecule has 0 atom stereocenters. The van der Waals surface area contributed by atoms with Gasteiger partial charge in [0.05, 0.1) is 0 Å². The molecule has 1 heteroatoms. The van der Waals surface area contributed by atoms with Gasteiger partial charge in [0.15, 0.2) is 0 Å². The Morgan fingerprint density at radius 1 is 0.529 bits per heavy atom. The minimum absolute atomic E-state index is 0.333. The fourth-order valence-electron chi connectivity index (χ4n) is 3.37. The topological polar surface area (TPSA) is 3.24 Å². The zero-order valence-corrected chi connectivity index (χ0v) is 25.7. The van der Waals surface area contributed by atoms with Crippen LogP contribution in [0, 0.1) is 45.4 Å². The maximum absolute atomic E-state index is 2.33. The van der Waals surface area contributed by atoms with Crippen LogP contribution in [0.15, 0.2) is 30.3 Å². The van der Waals surface area contributed by atoms with E-state index in [0.29, 0.717) is 16.4 Å². The van der Waals surface area contributed by atoms with Crippen molar-refractivity contribution in [2.75, 3.05) is 14.1 Å². The Hall–Kier alpha value is -1.60. The third-order valence-electron chi connectivity index (χ3n) is 6.37. The third kappa shape index (κ3) is 14.0. The van der Waals surface area contributed by atoms with E-state index < -0.39 is 0 Å². The molecule has 0 heterocycles. The molecule has 0 aliphatic rings. The van der Waals surface area contributed by atoms with Crippen LogP contribution in [0.4, 0.5) is 0 Å². The molecule has 0 aromatic heterocycles. The van der Waals surface area contributed by atoms with Gasteiger partial charge in [0.1, 0.15) is 0 Å². The second kappa shape index (κ2) is 12.9. The summed E-state index contributed by atoms with van der Waals surface area (Å²) < 4.78 is 0. The molecule has 0 spiro atoms. The van der Waals surface area contributed by atoms with Crippen molar-refractivity contribution in [2.45, 2.75) is 115 Å². The lowest BCUT2D eigenvalue weighted by atomic mass is 9.86. The van der Waals surface area contributed by atoms with Crippen LogP contribution < -0.4 is 0 Å². The number of nitrogens with zero attached hydrogens (tertiary/aromatic N) is 1. The van der Waals surface area contributed by atoms with E-state index in [2.05, 4.69) is 146 Å². The molecule has 2 aromatic carbocycles. The predicted molar refractivity (Wildman–Crippen MR) is 156 cm³/mol. The van der Waals surface area contributed by atoms with Gasteiger partial charge in [-0.3, -0.25) is 0 Å². The highest BCUT2D eigenvalue weighted by Gasteiger charge is 2.13. The lowest BCUT2D eigenvalue weighted by Gasteiger charge is -2.27. The molecule has 0 aliphatic carbocycles. The molecule has 34 heavy (non-hydrogen) atoms. The van der Waals surface area contributed by atoms with Gasteiger partial charge in [0.25, 0.3) is 0 Å². The van der Waals surface area contributed by atoms with Gasteiger partial charge >= 0.3 is 0 Å². The van der Waals surface area contributed by atoms with Crippen molar-refractivity contribution in [3.63, 3.8) is 0 Å². The molecule has 0 N–H and O–H groups in total. The second-order valence-corrected chi connectivity index (χ2v) is 13.8. The Morgan fingerprint density at radius 2 is 0.882 bits per heavy atom. The van der Waals surface area contributed by atoms with Crippen molar-refractivity contribution in [1.29, 1.82) is 0 Å². The summed E-state index contributed by atoms with van der Waals surface area (Å²) in [7, 11) is 4.17. The number of hydrogen-bond donors (Lipinski definition) is 0. The summed E-state index contributed by atoms with van der Waals surface area (Å²) in [5.74, 6) is 0. The Balaban J connectivity index is 0.000000509. The van der Waals surface area contributed by atoms with Crippen LogP contribution >= 0.6 is 0 Å². The van der Waals surface area contributed by atoms with E-state index in [1.54, 1.807) is 0 Å². The minimum Gasteiger partial charge on any atom is -0.305 e. The average Bonchev–Trinajstić information content (AvgIpc) is 2.60. The van der Waals surface area contributed by atoms with Gasteiger partial charge in [0, 0.05) is 5.54 Å². The maximum Gasteiger partial charge on any atom is 0.0118 e. The summed E-state index contributed by atoms with van der Waals surface area (Å²) in [5.41, 5.74) is 11.1. The molecule has 0 radical (unpaired) electrons. The van der Waals surface area contributed by atoms with Crippen molar-refractivity contribution in [2.24, 2.45) is 10.8 Å². The average molecular weight is 468 g/mol. The number of rotatable bonds is 2. The fraction of sp³-hybridized carbons (Fsp3) is 0.636. The molecule has 0 fully saturated rings. The highest BCUT2D eigenvalue weighted by molar-refractivity contribution is 5.37. The summed E-state index contributed by atoms with van der Waals surface area (Å²) in [6.07, 6.45) is 2.32. The standard InChI is InChI=1S/C14H22.C13H20.C6H15N/c1-10-7-13(9-14(4,5)6)8-11(2)12(10)3;1-10-6-7-12(8-11(10)2)9-13(3,4)5;1-6(2,3)7(4)5/h7-8H,9H2,1-6H3;6-8H,9H2,1-5H3;1-5H3. The van der Waals surface area contributed by atoms with Gasteiger partial charge in [0.2, 0.25) is 0 Å². The molecule has 0 saturated heterocycles. The molecule has 0 unspecified atom stereocenters. The zero-order valence-electron chi connectivity index (χ0n) is 25.7. The molecule has 0 amide bonds. The molecule has 0 bridgehead atoms. The highest BCUT2D eigenvalue weighted by atomic mass is 15.1. The summed E-state index contributed by atoms with van der Waals surface area (Å²) in [6.45, 7) is 31.2. The van der Waals surface area contributed by atoms with E-state index in [1.807, 2.05) is 0 Å². The molecule has 0 saturated carbocycles. The van der Waals surface area contributed by atoms with Gasteiger partial charge in [-0.1, -0.05) is 71.9 Å². The highest BCUT2D eigenvalue weighted by Crippen LogP contribution is 2.24. The Labute approximate surface area is 214 Å². The van der Waals surface area contributed by atoms with E-state index >= 15 is 0 Å². The largest absolute Gasteiger partial charge is 0.305 e. The molecule has 0 aliphatic heterocycles. The van der Waals surface area contributed by atoms with Crippen molar-refractivity contribution < 1.29 is 0 Å². The SMILES string of the molecule is CN(C)C(C)(C)C.Cc1cc(CC(C)(C)C)cc(C)c1C.Cc1ccc(CC(C)(C)C)cc1C. The minimum atomic E-state index is 0.333. The molecule has 2 rings (SSSR count).